The Bertz CT molecular complexity index is 653. The van der Waals surface area contributed by atoms with E-state index in [9.17, 15) is 13.6 Å². The maximum Gasteiger partial charge on any atom is 0.169 e. The average Bonchev–Trinajstić information content (AvgIpc) is 2.41. The SMILES string of the molecule is Cc1cccc(CCC(=O)c2c(F)ccc(Br)c2F)c1. The zero-order valence-corrected chi connectivity index (χ0v) is 12.5. The number of hydrogen-bond donors (Lipinski definition) is 0. The van der Waals surface area contributed by atoms with Gasteiger partial charge in [0.05, 0.1) is 10.0 Å². The largest absolute Gasteiger partial charge is 0.294 e. The highest BCUT2D eigenvalue weighted by atomic mass is 79.9. The van der Waals surface area contributed by atoms with Gasteiger partial charge in [0.1, 0.15) is 5.82 Å². The fraction of sp³-hybridized carbons (Fsp3) is 0.188. The third kappa shape index (κ3) is 3.31. The summed E-state index contributed by atoms with van der Waals surface area (Å²) in [5.41, 5.74) is 1.61. The molecular formula is C16H13BrF2O. The van der Waals surface area contributed by atoms with Crippen LogP contribution in [0.1, 0.15) is 27.9 Å². The highest BCUT2D eigenvalue weighted by Gasteiger charge is 2.19. The van der Waals surface area contributed by atoms with E-state index in [1.165, 1.54) is 6.07 Å². The normalized spacial score (nSPS) is 10.6. The third-order valence-electron chi connectivity index (χ3n) is 3.05. The number of Topliss-reactive ketones (excluding diaryl/α,β-unsaturated/α-hetero) is 1. The van der Waals surface area contributed by atoms with Gasteiger partial charge in [0.15, 0.2) is 11.6 Å². The molecule has 2 aromatic rings. The van der Waals surface area contributed by atoms with E-state index < -0.39 is 23.0 Å². The lowest BCUT2D eigenvalue weighted by molar-refractivity contribution is 0.0974. The summed E-state index contributed by atoms with van der Waals surface area (Å²) in [6.45, 7) is 1.96. The molecule has 0 aromatic heterocycles. The Morgan fingerprint density at radius 3 is 2.65 bits per heavy atom. The van der Waals surface area contributed by atoms with Crippen LogP contribution in [0.15, 0.2) is 40.9 Å². The van der Waals surface area contributed by atoms with Crippen LogP contribution in [0.4, 0.5) is 8.78 Å². The quantitative estimate of drug-likeness (QED) is 0.575. The van der Waals surface area contributed by atoms with Gasteiger partial charge in [-0.15, -0.1) is 0 Å². The number of carbonyl (C=O) groups excluding carboxylic acids is 1. The summed E-state index contributed by atoms with van der Waals surface area (Å²) in [6.07, 6.45) is 0.541. The molecule has 2 aromatic carbocycles. The summed E-state index contributed by atoms with van der Waals surface area (Å²) in [7, 11) is 0. The Labute approximate surface area is 124 Å². The van der Waals surface area contributed by atoms with Gasteiger partial charge in [-0.05, 0) is 47.0 Å². The summed E-state index contributed by atoms with van der Waals surface area (Å²) in [6, 6.07) is 10.1. The van der Waals surface area contributed by atoms with Crippen molar-refractivity contribution < 1.29 is 13.6 Å². The summed E-state index contributed by atoms with van der Waals surface area (Å²) >= 11 is 2.96. The number of ketones is 1. The first-order chi connectivity index (χ1) is 9.49. The van der Waals surface area contributed by atoms with E-state index in [1.807, 2.05) is 31.2 Å². The van der Waals surface area contributed by atoms with Crippen LogP contribution in [0.3, 0.4) is 0 Å². The highest BCUT2D eigenvalue weighted by molar-refractivity contribution is 9.10. The van der Waals surface area contributed by atoms with Crippen molar-refractivity contribution in [3.05, 3.63) is 69.2 Å². The van der Waals surface area contributed by atoms with Crippen LogP contribution in [-0.2, 0) is 6.42 Å². The van der Waals surface area contributed by atoms with Gasteiger partial charge in [0.25, 0.3) is 0 Å². The molecule has 0 radical (unpaired) electrons. The van der Waals surface area contributed by atoms with Crippen molar-refractivity contribution >= 4 is 21.7 Å². The standard InChI is InChI=1S/C16H13BrF2O/c1-10-3-2-4-11(9-10)5-8-14(20)15-13(18)7-6-12(17)16(15)19/h2-4,6-7,9H,5,8H2,1H3. The summed E-state index contributed by atoms with van der Waals surface area (Å²) in [5.74, 6) is -2.18. The minimum atomic E-state index is -0.834. The molecule has 20 heavy (non-hydrogen) atoms. The van der Waals surface area contributed by atoms with Gasteiger partial charge in [-0.25, -0.2) is 8.78 Å². The minimum Gasteiger partial charge on any atom is -0.294 e. The van der Waals surface area contributed by atoms with Crippen molar-refractivity contribution in [3.8, 4) is 0 Å². The number of hydrogen-bond acceptors (Lipinski definition) is 1. The molecule has 0 atom stereocenters. The molecule has 0 aliphatic rings. The average molecular weight is 339 g/mol. The van der Waals surface area contributed by atoms with Crippen LogP contribution in [0, 0.1) is 18.6 Å². The number of carbonyl (C=O) groups is 1. The van der Waals surface area contributed by atoms with Crippen molar-refractivity contribution in [2.45, 2.75) is 19.8 Å². The molecule has 104 valence electrons. The number of aryl methyl sites for hydroxylation is 2. The van der Waals surface area contributed by atoms with E-state index in [0.29, 0.717) is 6.42 Å². The minimum absolute atomic E-state index is 0.0771. The molecule has 0 spiro atoms. The van der Waals surface area contributed by atoms with Crippen LogP contribution in [0.5, 0.6) is 0 Å². The van der Waals surface area contributed by atoms with Gasteiger partial charge in [-0.2, -0.15) is 0 Å². The molecule has 0 aliphatic carbocycles. The second kappa shape index (κ2) is 6.27. The molecule has 0 bridgehead atoms. The van der Waals surface area contributed by atoms with Gasteiger partial charge >= 0.3 is 0 Å². The van der Waals surface area contributed by atoms with Gasteiger partial charge in [-0.1, -0.05) is 29.8 Å². The van der Waals surface area contributed by atoms with Crippen LogP contribution >= 0.6 is 15.9 Å². The second-order valence-corrected chi connectivity index (χ2v) is 5.48. The van der Waals surface area contributed by atoms with Gasteiger partial charge in [0, 0.05) is 6.42 Å². The monoisotopic (exact) mass is 338 g/mol. The maximum atomic E-state index is 13.8. The summed E-state index contributed by atoms with van der Waals surface area (Å²) in [5, 5.41) is 0. The molecule has 1 nitrogen and oxygen atoms in total. The number of benzene rings is 2. The number of halogens is 3. The highest BCUT2D eigenvalue weighted by Crippen LogP contribution is 2.23. The van der Waals surface area contributed by atoms with Crippen molar-refractivity contribution in [3.63, 3.8) is 0 Å². The molecular weight excluding hydrogens is 326 g/mol. The predicted octanol–water partition coefficient (Wildman–Crippen LogP) is 4.85. The predicted molar refractivity (Wildman–Crippen MR) is 77.9 cm³/mol. The summed E-state index contributed by atoms with van der Waals surface area (Å²) in [4.78, 5) is 12.0. The van der Waals surface area contributed by atoms with E-state index in [1.54, 1.807) is 0 Å². The molecule has 0 unspecified atom stereocenters. The Hall–Kier alpha value is -1.55. The molecule has 0 amide bonds. The topological polar surface area (TPSA) is 17.1 Å². The molecule has 0 fully saturated rings. The third-order valence-corrected chi connectivity index (χ3v) is 3.66. The molecule has 0 heterocycles. The van der Waals surface area contributed by atoms with Crippen LogP contribution < -0.4 is 0 Å². The second-order valence-electron chi connectivity index (χ2n) is 4.63. The summed E-state index contributed by atoms with van der Waals surface area (Å²) < 4.78 is 27.5. The van der Waals surface area contributed by atoms with Crippen molar-refractivity contribution in [1.29, 1.82) is 0 Å². The van der Waals surface area contributed by atoms with E-state index in [2.05, 4.69) is 15.9 Å². The Balaban J connectivity index is 2.15. The molecule has 0 saturated carbocycles. The number of rotatable bonds is 4. The lowest BCUT2D eigenvalue weighted by Crippen LogP contribution is -2.08. The first kappa shape index (κ1) is 14.9. The van der Waals surface area contributed by atoms with Crippen LogP contribution in [-0.4, -0.2) is 5.78 Å². The first-order valence-corrected chi connectivity index (χ1v) is 7.00. The van der Waals surface area contributed by atoms with E-state index in [4.69, 9.17) is 0 Å². The van der Waals surface area contributed by atoms with E-state index in [-0.39, 0.29) is 10.9 Å². The zero-order valence-electron chi connectivity index (χ0n) is 10.9. The smallest absolute Gasteiger partial charge is 0.169 e. The Kier molecular flexibility index (Phi) is 4.65. The lowest BCUT2D eigenvalue weighted by Gasteiger charge is -2.06. The van der Waals surface area contributed by atoms with Gasteiger partial charge in [-0.3, -0.25) is 4.79 Å². The lowest BCUT2D eigenvalue weighted by atomic mass is 10.0. The Morgan fingerprint density at radius 1 is 1.20 bits per heavy atom. The van der Waals surface area contributed by atoms with Gasteiger partial charge < -0.3 is 0 Å². The van der Waals surface area contributed by atoms with Crippen LogP contribution in [0.2, 0.25) is 0 Å². The molecule has 0 aliphatic heterocycles. The fourth-order valence-electron chi connectivity index (χ4n) is 2.03. The maximum absolute atomic E-state index is 13.8. The molecule has 4 heteroatoms. The van der Waals surface area contributed by atoms with Gasteiger partial charge in [0.2, 0.25) is 0 Å². The Morgan fingerprint density at radius 2 is 1.95 bits per heavy atom. The van der Waals surface area contributed by atoms with Crippen molar-refractivity contribution in [2.75, 3.05) is 0 Å². The fourth-order valence-corrected chi connectivity index (χ4v) is 2.36. The zero-order chi connectivity index (χ0) is 14.7. The van der Waals surface area contributed by atoms with E-state index >= 15 is 0 Å². The van der Waals surface area contributed by atoms with Crippen molar-refractivity contribution in [1.82, 2.24) is 0 Å². The molecule has 2 rings (SSSR count). The van der Waals surface area contributed by atoms with Crippen LogP contribution in [0.25, 0.3) is 0 Å². The van der Waals surface area contributed by atoms with Crippen molar-refractivity contribution in [2.24, 2.45) is 0 Å². The molecule has 0 N–H and O–H groups in total. The molecule has 0 saturated heterocycles. The van der Waals surface area contributed by atoms with E-state index in [0.717, 1.165) is 17.2 Å². The first-order valence-electron chi connectivity index (χ1n) is 6.21.